The second kappa shape index (κ2) is 11.0. The van der Waals surface area contributed by atoms with Gasteiger partial charge in [-0.2, -0.15) is 0 Å². The topological polar surface area (TPSA) is 79.5 Å². The van der Waals surface area contributed by atoms with E-state index in [-0.39, 0.29) is 24.4 Å². The first-order valence-corrected chi connectivity index (χ1v) is 6.35. The molecule has 0 saturated carbocycles. The quantitative estimate of drug-likeness (QED) is 0.468. The summed E-state index contributed by atoms with van der Waals surface area (Å²) in [5.41, 5.74) is 0. The van der Waals surface area contributed by atoms with Crippen LogP contribution in [0.3, 0.4) is 0 Å². The first kappa shape index (κ1) is 16.9. The third-order valence-electron chi connectivity index (χ3n) is 2.46. The molecule has 0 aromatic rings. The Kier molecular flexibility index (Phi) is 10.3. The molecule has 2 amide bonds. The van der Waals surface area contributed by atoms with Crippen molar-refractivity contribution in [2.75, 3.05) is 33.4 Å². The lowest BCUT2D eigenvalue weighted by atomic mass is 10.2. The number of methoxy groups -OCH3 is 1. The van der Waals surface area contributed by atoms with Gasteiger partial charge >= 0.3 is 0 Å². The van der Waals surface area contributed by atoms with Gasteiger partial charge in [0.1, 0.15) is 0 Å². The normalized spacial score (nSPS) is 11.9. The van der Waals surface area contributed by atoms with Crippen LogP contribution in [-0.2, 0) is 14.3 Å². The molecule has 6 heteroatoms. The highest BCUT2D eigenvalue weighted by molar-refractivity contribution is 5.78. The molecule has 1 atom stereocenters. The van der Waals surface area contributed by atoms with Crippen LogP contribution in [0.25, 0.3) is 0 Å². The summed E-state index contributed by atoms with van der Waals surface area (Å²) < 4.78 is 4.81. The van der Waals surface area contributed by atoms with Gasteiger partial charge in [0.15, 0.2) is 0 Å². The molecule has 18 heavy (non-hydrogen) atoms. The Balaban J connectivity index is 3.43. The van der Waals surface area contributed by atoms with E-state index >= 15 is 0 Å². The molecule has 0 saturated heterocycles. The number of ether oxygens (including phenoxy) is 1. The average Bonchev–Trinajstić information content (AvgIpc) is 2.34. The summed E-state index contributed by atoms with van der Waals surface area (Å²) in [7, 11) is 1.58. The molecule has 0 heterocycles. The summed E-state index contributed by atoms with van der Waals surface area (Å²) in [6.07, 6.45) is 1.30. The lowest BCUT2D eigenvalue weighted by molar-refractivity contribution is -0.122. The van der Waals surface area contributed by atoms with E-state index in [0.29, 0.717) is 26.1 Å². The smallest absolute Gasteiger partial charge is 0.234 e. The molecule has 0 bridgehead atoms. The fourth-order valence-electron chi connectivity index (χ4n) is 1.21. The van der Waals surface area contributed by atoms with Crippen LogP contribution in [0.2, 0.25) is 0 Å². The standard InChI is InChI=1S/C12H25N3O3/c1-4-10(2)15-11(16)5-6-13-9-12(17)14-7-8-18-3/h10,13H,4-9H2,1-3H3,(H,14,17)(H,15,16). The molecule has 0 aliphatic rings. The largest absolute Gasteiger partial charge is 0.383 e. The predicted molar refractivity (Wildman–Crippen MR) is 70.3 cm³/mol. The van der Waals surface area contributed by atoms with Crippen molar-refractivity contribution in [3.63, 3.8) is 0 Å². The molecule has 0 aliphatic heterocycles. The zero-order chi connectivity index (χ0) is 13.8. The Bertz CT molecular complexity index is 247. The van der Waals surface area contributed by atoms with Gasteiger partial charge in [-0.15, -0.1) is 0 Å². The van der Waals surface area contributed by atoms with Crippen molar-refractivity contribution in [1.29, 1.82) is 0 Å². The van der Waals surface area contributed by atoms with Crippen LogP contribution in [0.4, 0.5) is 0 Å². The maximum atomic E-state index is 11.4. The number of carbonyl (C=O) groups is 2. The minimum atomic E-state index is -0.0885. The molecular formula is C12H25N3O3. The molecule has 0 aliphatic carbocycles. The van der Waals surface area contributed by atoms with E-state index in [9.17, 15) is 9.59 Å². The lowest BCUT2D eigenvalue weighted by Crippen LogP contribution is -2.38. The highest BCUT2D eigenvalue weighted by Crippen LogP contribution is 1.88. The minimum absolute atomic E-state index is 0.0108. The van der Waals surface area contributed by atoms with Gasteiger partial charge in [-0.3, -0.25) is 9.59 Å². The molecule has 0 radical (unpaired) electrons. The van der Waals surface area contributed by atoms with Crippen molar-refractivity contribution in [2.24, 2.45) is 0 Å². The monoisotopic (exact) mass is 259 g/mol. The number of amides is 2. The molecule has 0 aromatic heterocycles. The summed E-state index contributed by atoms with van der Waals surface area (Å²) in [5, 5.41) is 8.47. The summed E-state index contributed by atoms with van der Waals surface area (Å²) in [4.78, 5) is 22.7. The highest BCUT2D eigenvalue weighted by Gasteiger charge is 2.05. The fourth-order valence-corrected chi connectivity index (χ4v) is 1.21. The fraction of sp³-hybridized carbons (Fsp3) is 0.833. The van der Waals surface area contributed by atoms with Crippen LogP contribution in [0.5, 0.6) is 0 Å². The van der Waals surface area contributed by atoms with Gasteiger partial charge < -0.3 is 20.7 Å². The van der Waals surface area contributed by atoms with Crippen molar-refractivity contribution in [1.82, 2.24) is 16.0 Å². The maximum Gasteiger partial charge on any atom is 0.234 e. The van der Waals surface area contributed by atoms with E-state index < -0.39 is 0 Å². The zero-order valence-corrected chi connectivity index (χ0v) is 11.5. The third-order valence-corrected chi connectivity index (χ3v) is 2.46. The van der Waals surface area contributed by atoms with Gasteiger partial charge in [0.2, 0.25) is 11.8 Å². The predicted octanol–water partition coefficient (Wildman–Crippen LogP) is -0.357. The number of rotatable bonds is 10. The molecule has 0 rings (SSSR count). The maximum absolute atomic E-state index is 11.4. The lowest BCUT2D eigenvalue weighted by Gasteiger charge is -2.11. The van der Waals surface area contributed by atoms with Gasteiger partial charge in [0.25, 0.3) is 0 Å². The van der Waals surface area contributed by atoms with Crippen molar-refractivity contribution in [3.05, 3.63) is 0 Å². The van der Waals surface area contributed by atoms with Crippen LogP contribution >= 0.6 is 0 Å². The average molecular weight is 259 g/mol. The van der Waals surface area contributed by atoms with Gasteiger partial charge in [0, 0.05) is 32.7 Å². The van der Waals surface area contributed by atoms with Crippen LogP contribution in [0.15, 0.2) is 0 Å². The van der Waals surface area contributed by atoms with Crippen LogP contribution in [-0.4, -0.2) is 51.2 Å². The number of nitrogens with one attached hydrogen (secondary N) is 3. The van der Waals surface area contributed by atoms with Gasteiger partial charge in [0.05, 0.1) is 13.2 Å². The first-order chi connectivity index (χ1) is 8.60. The van der Waals surface area contributed by atoms with Crippen molar-refractivity contribution < 1.29 is 14.3 Å². The molecule has 1 unspecified atom stereocenters. The van der Waals surface area contributed by atoms with Gasteiger partial charge in [-0.05, 0) is 13.3 Å². The molecule has 106 valence electrons. The van der Waals surface area contributed by atoms with E-state index in [4.69, 9.17) is 4.74 Å². The summed E-state index contributed by atoms with van der Waals surface area (Å²) >= 11 is 0. The summed E-state index contributed by atoms with van der Waals surface area (Å²) in [6, 6.07) is 0.204. The Morgan fingerprint density at radius 2 is 1.94 bits per heavy atom. The highest BCUT2D eigenvalue weighted by atomic mass is 16.5. The zero-order valence-electron chi connectivity index (χ0n) is 11.5. The van der Waals surface area contributed by atoms with Gasteiger partial charge in [-0.25, -0.2) is 0 Å². The van der Waals surface area contributed by atoms with Crippen molar-refractivity contribution in [3.8, 4) is 0 Å². The van der Waals surface area contributed by atoms with Gasteiger partial charge in [-0.1, -0.05) is 6.92 Å². The number of carbonyl (C=O) groups excluding carboxylic acids is 2. The second-order valence-electron chi connectivity index (χ2n) is 4.15. The Morgan fingerprint density at radius 3 is 2.56 bits per heavy atom. The molecule has 0 fully saturated rings. The Hall–Kier alpha value is -1.14. The van der Waals surface area contributed by atoms with Crippen LogP contribution in [0, 0.1) is 0 Å². The van der Waals surface area contributed by atoms with E-state index in [2.05, 4.69) is 16.0 Å². The van der Waals surface area contributed by atoms with Crippen LogP contribution < -0.4 is 16.0 Å². The third kappa shape index (κ3) is 10.0. The number of hydrogen-bond acceptors (Lipinski definition) is 4. The van der Waals surface area contributed by atoms with Crippen LogP contribution in [0.1, 0.15) is 26.7 Å². The summed E-state index contributed by atoms with van der Waals surface area (Å²) in [6.45, 7) is 5.72. The molecule has 0 aromatic carbocycles. The molecular weight excluding hydrogens is 234 g/mol. The number of hydrogen-bond donors (Lipinski definition) is 3. The molecule has 0 spiro atoms. The van der Waals surface area contributed by atoms with E-state index in [1.54, 1.807) is 7.11 Å². The minimum Gasteiger partial charge on any atom is -0.383 e. The molecule has 3 N–H and O–H groups in total. The Labute approximate surface area is 109 Å². The van der Waals surface area contributed by atoms with Crippen molar-refractivity contribution in [2.45, 2.75) is 32.7 Å². The van der Waals surface area contributed by atoms with E-state index in [1.807, 2.05) is 13.8 Å². The summed E-state index contributed by atoms with van der Waals surface area (Å²) in [5.74, 6) is -0.0778. The van der Waals surface area contributed by atoms with Crippen molar-refractivity contribution >= 4 is 11.8 Å². The first-order valence-electron chi connectivity index (χ1n) is 6.35. The SMILES string of the molecule is CCC(C)NC(=O)CCNCC(=O)NCCOC. The second-order valence-corrected chi connectivity index (χ2v) is 4.15. The molecule has 6 nitrogen and oxygen atoms in total. The van der Waals surface area contributed by atoms with E-state index in [0.717, 1.165) is 6.42 Å². The Morgan fingerprint density at radius 1 is 1.22 bits per heavy atom. The van der Waals surface area contributed by atoms with E-state index in [1.165, 1.54) is 0 Å².